The Morgan fingerprint density at radius 1 is 1.04 bits per heavy atom. The van der Waals surface area contributed by atoms with E-state index in [-0.39, 0.29) is 5.91 Å². The number of pyridine rings is 1. The molecule has 0 bridgehead atoms. The number of rotatable bonds is 6. The number of hydrogen-bond donors (Lipinski definition) is 1. The first kappa shape index (κ1) is 15.7. The summed E-state index contributed by atoms with van der Waals surface area (Å²) in [6.45, 7) is 0. The van der Waals surface area contributed by atoms with Crippen LogP contribution in [0.25, 0.3) is 0 Å². The zero-order chi connectivity index (χ0) is 15.9. The minimum atomic E-state index is 0.173. The van der Waals surface area contributed by atoms with E-state index in [0.29, 0.717) is 18.4 Å². The Labute approximate surface area is 138 Å². The Morgan fingerprint density at radius 2 is 1.83 bits per heavy atom. The van der Waals surface area contributed by atoms with Crippen LogP contribution in [-0.2, 0) is 17.6 Å². The molecule has 0 spiro atoms. The van der Waals surface area contributed by atoms with E-state index in [1.807, 2.05) is 12.1 Å². The first-order chi connectivity index (χ1) is 11.3. The molecule has 1 heterocycles. The van der Waals surface area contributed by atoms with Gasteiger partial charge in [0.05, 0.1) is 0 Å². The summed E-state index contributed by atoms with van der Waals surface area (Å²) in [5.74, 6) is 0.744. The number of nitrogens with one attached hydrogen (secondary N) is 1. The zero-order valence-corrected chi connectivity index (χ0v) is 13.4. The lowest BCUT2D eigenvalue weighted by Gasteiger charge is -2.21. The van der Waals surface area contributed by atoms with Crippen molar-refractivity contribution in [2.75, 3.05) is 0 Å². The Kier molecular flexibility index (Phi) is 5.41. The number of carbonyl (C=O) groups excluding carboxylic acids is 1. The Hall–Kier alpha value is -2.16. The summed E-state index contributed by atoms with van der Waals surface area (Å²) >= 11 is 0. The van der Waals surface area contributed by atoms with E-state index in [1.54, 1.807) is 12.4 Å². The quantitative estimate of drug-likeness (QED) is 0.887. The van der Waals surface area contributed by atoms with E-state index in [4.69, 9.17) is 0 Å². The number of amides is 1. The molecule has 120 valence electrons. The maximum absolute atomic E-state index is 12.2. The number of aromatic nitrogens is 1. The molecule has 3 heteroatoms. The molecule has 1 aliphatic carbocycles. The lowest BCUT2D eigenvalue weighted by molar-refractivity contribution is -0.122. The van der Waals surface area contributed by atoms with Crippen LogP contribution in [0.4, 0.5) is 0 Å². The third-order valence-electron chi connectivity index (χ3n) is 4.74. The molecule has 0 unspecified atom stereocenters. The normalized spacial score (nSPS) is 20.3. The van der Waals surface area contributed by atoms with Gasteiger partial charge in [0.15, 0.2) is 0 Å². The van der Waals surface area contributed by atoms with Gasteiger partial charge < -0.3 is 5.32 Å². The van der Waals surface area contributed by atoms with Crippen molar-refractivity contribution in [3.63, 3.8) is 0 Å². The van der Waals surface area contributed by atoms with Crippen LogP contribution in [0, 0.1) is 5.92 Å². The van der Waals surface area contributed by atoms with Crippen LogP contribution in [-0.4, -0.2) is 16.9 Å². The van der Waals surface area contributed by atoms with Crippen molar-refractivity contribution in [1.82, 2.24) is 10.3 Å². The van der Waals surface area contributed by atoms with Crippen molar-refractivity contribution >= 4 is 5.91 Å². The number of carbonyl (C=O) groups is 1. The van der Waals surface area contributed by atoms with Crippen LogP contribution in [0.5, 0.6) is 0 Å². The first-order valence-corrected chi connectivity index (χ1v) is 8.53. The van der Waals surface area contributed by atoms with Crippen molar-refractivity contribution in [3.05, 3.63) is 66.0 Å². The fourth-order valence-electron chi connectivity index (χ4n) is 3.47. The molecule has 1 amide bonds. The third kappa shape index (κ3) is 4.65. The molecule has 1 fully saturated rings. The van der Waals surface area contributed by atoms with Gasteiger partial charge in [0.2, 0.25) is 5.91 Å². The monoisotopic (exact) mass is 308 g/mol. The van der Waals surface area contributed by atoms with Gasteiger partial charge in [0.1, 0.15) is 0 Å². The van der Waals surface area contributed by atoms with E-state index in [0.717, 1.165) is 19.3 Å². The summed E-state index contributed by atoms with van der Waals surface area (Å²) in [4.78, 5) is 16.2. The second kappa shape index (κ2) is 7.91. The highest BCUT2D eigenvalue weighted by Gasteiger charge is 2.28. The summed E-state index contributed by atoms with van der Waals surface area (Å²) in [5, 5.41) is 3.26. The molecule has 23 heavy (non-hydrogen) atoms. The lowest BCUT2D eigenvalue weighted by Crippen LogP contribution is -2.38. The Morgan fingerprint density at radius 3 is 2.61 bits per heavy atom. The summed E-state index contributed by atoms with van der Waals surface area (Å²) in [5.41, 5.74) is 2.54. The molecular formula is C20H24N2O. The van der Waals surface area contributed by atoms with Gasteiger partial charge in [-0.25, -0.2) is 0 Å². The molecular weight excluding hydrogens is 284 g/mol. The van der Waals surface area contributed by atoms with Crippen LogP contribution >= 0.6 is 0 Å². The van der Waals surface area contributed by atoms with E-state index < -0.39 is 0 Å². The van der Waals surface area contributed by atoms with Crippen molar-refractivity contribution in [2.45, 2.75) is 44.6 Å². The highest BCUT2D eigenvalue weighted by atomic mass is 16.1. The highest BCUT2D eigenvalue weighted by molar-refractivity contribution is 5.76. The highest BCUT2D eigenvalue weighted by Crippen LogP contribution is 2.29. The molecule has 3 rings (SSSR count). The third-order valence-corrected chi connectivity index (χ3v) is 4.74. The van der Waals surface area contributed by atoms with Crippen LogP contribution in [0.3, 0.4) is 0 Å². The van der Waals surface area contributed by atoms with Gasteiger partial charge in [-0.15, -0.1) is 0 Å². The standard InChI is InChI=1S/C20H24N2O/c23-20(10-9-16-11-13-21-14-12-16)22-19-8-4-7-18(19)15-17-5-2-1-3-6-17/h1-3,5-6,11-14,18-19H,4,7-10,15H2,(H,22,23)/t18-,19-/m1/s1. The second-order valence-corrected chi connectivity index (χ2v) is 6.41. The fourth-order valence-corrected chi connectivity index (χ4v) is 3.47. The van der Waals surface area contributed by atoms with Crippen molar-refractivity contribution in [2.24, 2.45) is 5.92 Å². The predicted octanol–water partition coefficient (Wildman–Crippen LogP) is 3.54. The number of hydrogen-bond acceptors (Lipinski definition) is 2. The van der Waals surface area contributed by atoms with Crippen molar-refractivity contribution < 1.29 is 4.79 Å². The molecule has 2 aromatic rings. The summed E-state index contributed by atoms with van der Waals surface area (Å²) in [6.07, 6.45) is 9.49. The fraction of sp³-hybridized carbons (Fsp3) is 0.400. The number of benzene rings is 1. The Balaban J connectivity index is 1.49. The summed E-state index contributed by atoms with van der Waals surface area (Å²) in [6, 6.07) is 14.9. The molecule has 1 N–H and O–H groups in total. The lowest BCUT2D eigenvalue weighted by atomic mass is 9.94. The van der Waals surface area contributed by atoms with Gasteiger partial charge in [-0.1, -0.05) is 36.8 Å². The van der Waals surface area contributed by atoms with E-state index in [1.165, 1.54) is 24.0 Å². The van der Waals surface area contributed by atoms with Gasteiger partial charge in [-0.05, 0) is 54.9 Å². The topological polar surface area (TPSA) is 42.0 Å². The molecule has 1 aliphatic rings. The number of aryl methyl sites for hydroxylation is 1. The Bertz CT molecular complexity index is 612. The average Bonchev–Trinajstić information content (AvgIpc) is 3.02. The number of nitrogens with zero attached hydrogens (tertiary/aromatic N) is 1. The van der Waals surface area contributed by atoms with Crippen molar-refractivity contribution in [3.8, 4) is 0 Å². The maximum Gasteiger partial charge on any atom is 0.220 e. The van der Waals surface area contributed by atoms with Gasteiger partial charge in [0, 0.05) is 24.9 Å². The largest absolute Gasteiger partial charge is 0.353 e. The maximum atomic E-state index is 12.2. The van der Waals surface area contributed by atoms with E-state index in [9.17, 15) is 4.79 Å². The summed E-state index contributed by atoms with van der Waals surface area (Å²) in [7, 11) is 0. The minimum Gasteiger partial charge on any atom is -0.353 e. The molecule has 0 radical (unpaired) electrons. The predicted molar refractivity (Wildman–Crippen MR) is 92.0 cm³/mol. The van der Waals surface area contributed by atoms with E-state index in [2.05, 4.69) is 40.6 Å². The molecule has 1 aromatic heterocycles. The molecule has 2 atom stereocenters. The molecule has 1 aromatic carbocycles. The van der Waals surface area contributed by atoms with Gasteiger partial charge in [-0.3, -0.25) is 9.78 Å². The molecule has 1 saturated carbocycles. The zero-order valence-electron chi connectivity index (χ0n) is 13.4. The van der Waals surface area contributed by atoms with E-state index >= 15 is 0 Å². The minimum absolute atomic E-state index is 0.173. The molecule has 3 nitrogen and oxygen atoms in total. The van der Waals surface area contributed by atoms with Crippen LogP contribution in [0.15, 0.2) is 54.9 Å². The van der Waals surface area contributed by atoms with Crippen molar-refractivity contribution in [1.29, 1.82) is 0 Å². The summed E-state index contributed by atoms with van der Waals surface area (Å²) < 4.78 is 0. The smallest absolute Gasteiger partial charge is 0.220 e. The molecule has 0 aliphatic heterocycles. The first-order valence-electron chi connectivity index (χ1n) is 8.53. The van der Waals surface area contributed by atoms with Crippen LogP contribution in [0.1, 0.15) is 36.8 Å². The SMILES string of the molecule is O=C(CCc1ccncc1)N[C@@H]1CCC[C@@H]1Cc1ccccc1. The van der Waals surface area contributed by atoms with Gasteiger partial charge in [-0.2, -0.15) is 0 Å². The second-order valence-electron chi connectivity index (χ2n) is 6.41. The van der Waals surface area contributed by atoms with Crippen LogP contribution in [0.2, 0.25) is 0 Å². The molecule has 0 saturated heterocycles. The average molecular weight is 308 g/mol. The van der Waals surface area contributed by atoms with Gasteiger partial charge >= 0.3 is 0 Å². The van der Waals surface area contributed by atoms with Crippen LogP contribution < -0.4 is 5.32 Å². The van der Waals surface area contributed by atoms with Gasteiger partial charge in [0.25, 0.3) is 0 Å².